The summed E-state index contributed by atoms with van der Waals surface area (Å²) >= 11 is 1.73. The van der Waals surface area contributed by atoms with Crippen molar-refractivity contribution in [2.75, 3.05) is 46.6 Å². The third-order valence-electron chi connectivity index (χ3n) is 6.23. The summed E-state index contributed by atoms with van der Waals surface area (Å²) in [6.07, 6.45) is 7.47. The molecule has 2 aromatic rings. The van der Waals surface area contributed by atoms with Crippen molar-refractivity contribution in [2.24, 2.45) is 0 Å². The van der Waals surface area contributed by atoms with E-state index < -0.39 is 6.10 Å². The van der Waals surface area contributed by atoms with Crippen LogP contribution in [0.25, 0.3) is 0 Å². The van der Waals surface area contributed by atoms with Crippen molar-refractivity contribution >= 4 is 17.2 Å². The van der Waals surface area contributed by atoms with E-state index in [1.54, 1.807) is 18.4 Å². The Bertz CT molecular complexity index is 982. The zero-order valence-corrected chi connectivity index (χ0v) is 20.3. The summed E-state index contributed by atoms with van der Waals surface area (Å²) in [4.78, 5) is 18.8. The predicted octanol–water partition coefficient (Wildman–Crippen LogP) is 2.74. The molecule has 1 amide bonds. The molecular weight excluding hydrogens is 452 g/mol. The second kappa shape index (κ2) is 11.7. The lowest BCUT2D eigenvalue weighted by Gasteiger charge is -2.37. The van der Waals surface area contributed by atoms with Gasteiger partial charge in [-0.3, -0.25) is 9.69 Å². The van der Waals surface area contributed by atoms with E-state index in [-0.39, 0.29) is 31.7 Å². The van der Waals surface area contributed by atoms with Gasteiger partial charge in [-0.2, -0.15) is 0 Å². The van der Waals surface area contributed by atoms with E-state index in [1.807, 2.05) is 29.2 Å². The van der Waals surface area contributed by atoms with Gasteiger partial charge in [0.05, 0.1) is 32.4 Å². The van der Waals surface area contributed by atoms with Crippen molar-refractivity contribution in [2.45, 2.75) is 37.5 Å². The van der Waals surface area contributed by atoms with Crippen LogP contribution in [0.2, 0.25) is 0 Å². The molecule has 0 bridgehead atoms. The quantitative estimate of drug-likeness (QED) is 0.369. The number of carbonyl (C=O) groups excluding carboxylic acids is 1. The number of hydrogen-bond acceptors (Lipinski definition) is 7. The fraction of sp³-hybridized carbons (Fsp3) is 0.500. The van der Waals surface area contributed by atoms with Gasteiger partial charge in [0.15, 0.2) is 0 Å². The molecule has 1 aliphatic heterocycles. The first kappa shape index (κ1) is 24.6. The van der Waals surface area contributed by atoms with E-state index in [1.165, 1.54) is 10.4 Å². The molecule has 1 aromatic heterocycles. The summed E-state index contributed by atoms with van der Waals surface area (Å²) in [6, 6.07) is 9.77. The Morgan fingerprint density at radius 2 is 2.06 bits per heavy atom. The molecule has 34 heavy (non-hydrogen) atoms. The second-order valence-electron chi connectivity index (χ2n) is 8.67. The first-order valence-electron chi connectivity index (χ1n) is 11.6. The second-order valence-corrected chi connectivity index (χ2v) is 9.67. The Hall–Kier alpha value is -2.57. The molecule has 1 saturated carbocycles. The van der Waals surface area contributed by atoms with Crippen molar-refractivity contribution in [1.29, 1.82) is 0 Å². The maximum Gasteiger partial charge on any atom is 0.237 e. The van der Waals surface area contributed by atoms with Crippen LogP contribution in [0.1, 0.15) is 29.3 Å². The normalized spacial score (nSPS) is 18.3. The smallest absolute Gasteiger partial charge is 0.237 e. The van der Waals surface area contributed by atoms with Gasteiger partial charge in [0.25, 0.3) is 0 Å². The highest BCUT2D eigenvalue weighted by atomic mass is 32.1. The van der Waals surface area contributed by atoms with Crippen LogP contribution in [-0.4, -0.2) is 79.5 Å². The van der Waals surface area contributed by atoms with Crippen LogP contribution in [0.15, 0.2) is 35.7 Å². The van der Waals surface area contributed by atoms with Crippen LogP contribution in [-0.2, 0) is 16.0 Å². The molecule has 0 spiro atoms. The first-order valence-corrected chi connectivity index (χ1v) is 12.5. The van der Waals surface area contributed by atoms with Crippen LogP contribution in [0.4, 0.5) is 0 Å². The van der Waals surface area contributed by atoms with Crippen molar-refractivity contribution in [3.05, 3.63) is 46.2 Å². The fourth-order valence-electron chi connectivity index (χ4n) is 4.35. The van der Waals surface area contributed by atoms with E-state index >= 15 is 0 Å². The molecule has 0 saturated heterocycles. The molecule has 2 aliphatic rings. The summed E-state index contributed by atoms with van der Waals surface area (Å²) in [6.45, 7) is 2.05. The van der Waals surface area contributed by atoms with Crippen LogP contribution >= 0.6 is 11.3 Å². The zero-order valence-electron chi connectivity index (χ0n) is 19.5. The van der Waals surface area contributed by atoms with Gasteiger partial charge >= 0.3 is 0 Å². The molecule has 1 aromatic carbocycles. The summed E-state index contributed by atoms with van der Waals surface area (Å²) in [5, 5.41) is 12.4. The maximum atomic E-state index is 13.5. The summed E-state index contributed by atoms with van der Waals surface area (Å²) in [5.41, 5.74) is 1.17. The van der Waals surface area contributed by atoms with Crippen molar-refractivity contribution in [3.63, 3.8) is 0 Å². The highest BCUT2D eigenvalue weighted by molar-refractivity contribution is 7.10. The lowest BCUT2D eigenvalue weighted by atomic mass is 10.0. The number of hydrogen-bond donors (Lipinski definition) is 1. The summed E-state index contributed by atoms with van der Waals surface area (Å²) < 4.78 is 16.6. The third-order valence-corrected chi connectivity index (χ3v) is 7.22. The molecule has 1 aliphatic carbocycles. The molecule has 2 atom stereocenters. The van der Waals surface area contributed by atoms with E-state index in [4.69, 9.17) is 20.6 Å². The number of aliphatic hydroxyl groups excluding tert-OH is 1. The summed E-state index contributed by atoms with van der Waals surface area (Å²) in [5.74, 6) is 3.97. The molecule has 8 heteroatoms. The van der Waals surface area contributed by atoms with Gasteiger partial charge in [-0.1, -0.05) is 5.92 Å². The minimum atomic E-state index is -0.680. The van der Waals surface area contributed by atoms with Gasteiger partial charge in [0.1, 0.15) is 24.7 Å². The Balaban J connectivity index is 1.41. The van der Waals surface area contributed by atoms with Gasteiger partial charge in [0, 0.05) is 24.0 Å². The Kier molecular flexibility index (Phi) is 8.46. The van der Waals surface area contributed by atoms with Gasteiger partial charge in [0.2, 0.25) is 5.91 Å². The predicted molar refractivity (Wildman–Crippen MR) is 131 cm³/mol. The molecule has 7 nitrogen and oxygen atoms in total. The number of terminal acetylenes is 1. The number of thiophene rings is 1. The average molecular weight is 485 g/mol. The van der Waals surface area contributed by atoms with Crippen molar-refractivity contribution in [3.8, 4) is 23.8 Å². The molecule has 0 radical (unpaired) electrons. The maximum absolute atomic E-state index is 13.5. The highest BCUT2D eigenvalue weighted by Crippen LogP contribution is 2.35. The van der Waals surface area contributed by atoms with Gasteiger partial charge < -0.3 is 24.2 Å². The van der Waals surface area contributed by atoms with Crippen molar-refractivity contribution < 1.29 is 24.1 Å². The van der Waals surface area contributed by atoms with Gasteiger partial charge in [-0.15, -0.1) is 17.8 Å². The Labute approximate surface area is 205 Å². The fourth-order valence-corrected chi connectivity index (χ4v) is 5.27. The van der Waals surface area contributed by atoms with E-state index in [9.17, 15) is 9.90 Å². The van der Waals surface area contributed by atoms with Gasteiger partial charge in [-0.25, -0.2) is 0 Å². The van der Waals surface area contributed by atoms with Gasteiger partial charge in [-0.05, 0) is 60.5 Å². The zero-order chi connectivity index (χ0) is 23.9. The lowest BCUT2D eigenvalue weighted by molar-refractivity contribution is -0.136. The van der Waals surface area contributed by atoms with Crippen LogP contribution in [0.3, 0.4) is 0 Å². The number of nitrogens with zero attached hydrogens (tertiary/aromatic N) is 2. The number of benzene rings is 1. The van der Waals surface area contributed by atoms with Crippen LogP contribution < -0.4 is 9.47 Å². The van der Waals surface area contributed by atoms with Crippen LogP contribution in [0, 0.1) is 12.3 Å². The number of carbonyl (C=O) groups is 1. The first-order chi connectivity index (χ1) is 16.6. The number of aliphatic hydroxyl groups is 1. The number of methoxy groups -OCH3 is 1. The van der Waals surface area contributed by atoms with E-state index in [2.05, 4.69) is 22.3 Å². The lowest BCUT2D eigenvalue weighted by Crippen LogP contribution is -2.48. The molecule has 2 heterocycles. The third kappa shape index (κ3) is 6.30. The molecule has 4 rings (SSSR count). The minimum Gasteiger partial charge on any atom is -0.497 e. The average Bonchev–Trinajstić information content (AvgIpc) is 3.59. The number of fused-ring (bicyclic) bond motifs is 1. The topological polar surface area (TPSA) is 71.5 Å². The van der Waals surface area contributed by atoms with Crippen LogP contribution in [0.5, 0.6) is 11.5 Å². The molecular formula is C26H32N2O5S. The summed E-state index contributed by atoms with van der Waals surface area (Å²) in [7, 11) is 1.63. The van der Waals surface area contributed by atoms with E-state index in [0.717, 1.165) is 30.8 Å². The number of ether oxygens (including phenoxy) is 3. The molecule has 1 N–H and O–H groups in total. The SMILES string of the molecule is C#CCOC[C@@H](O)CN(CC(=O)N1CCc2sccc2[C@@H]1COc1ccc(OC)cc1)C1CC1. The largest absolute Gasteiger partial charge is 0.497 e. The number of amides is 1. The number of rotatable bonds is 12. The minimum absolute atomic E-state index is 0.0591. The highest BCUT2D eigenvalue weighted by Gasteiger charge is 2.36. The molecule has 0 unspecified atom stereocenters. The van der Waals surface area contributed by atoms with Crippen molar-refractivity contribution in [1.82, 2.24) is 9.80 Å². The Morgan fingerprint density at radius 3 is 2.76 bits per heavy atom. The van der Waals surface area contributed by atoms with E-state index in [0.29, 0.717) is 25.7 Å². The molecule has 182 valence electrons. The Morgan fingerprint density at radius 1 is 1.29 bits per heavy atom. The standard InChI is InChI=1S/C26H32N2O5S/c1-3-13-32-17-20(29)15-27(19-4-5-19)16-26(30)28-12-10-25-23(11-14-34-25)24(28)18-33-22-8-6-21(31-2)7-9-22/h1,6-9,11,14,19-20,24,29H,4-5,10,12-13,15-18H2,2H3/t20-,24-/m0/s1. The molecule has 1 fully saturated rings. The monoisotopic (exact) mass is 484 g/mol.